The van der Waals surface area contributed by atoms with Gasteiger partial charge in [-0.25, -0.2) is 0 Å². The first kappa shape index (κ1) is 16.4. The molecule has 132 valence electrons. The molecule has 2 aromatic carbocycles. The number of aromatic nitrogens is 2. The highest BCUT2D eigenvalue weighted by molar-refractivity contribution is 5.82. The van der Waals surface area contributed by atoms with Gasteiger partial charge in [-0.05, 0) is 41.7 Å². The van der Waals surface area contributed by atoms with E-state index in [1.807, 2.05) is 48.5 Å². The maximum Gasteiger partial charge on any atom is 0.224 e. The predicted octanol–water partition coefficient (Wildman–Crippen LogP) is 3.41. The minimum Gasteiger partial charge on any atom is -0.489 e. The van der Waals surface area contributed by atoms with Crippen LogP contribution in [0.3, 0.4) is 0 Å². The van der Waals surface area contributed by atoms with E-state index < -0.39 is 0 Å². The van der Waals surface area contributed by atoms with Crippen molar-refractivity contribution in [2.45, 2.75) is 25.5 Å². The van der Waals surface area contributed by atoms with Gasteiger partial charge in [-0.15, -0.1) is 0 Å². The molecular weight excluding hydrogens is 326 g/mol. The van der Waals surface area contributed by atoms with Gasteiger partial charge >= 0.3 is 0 Å². The van der Waals surface area contributed by atoms with E-state index in [2.05, 4.69) is 27.6 Å². The van der Waals surface area contributed by atoms with E-state index in [0.29, 0.717) is 19.1 Å². The lowest BCUT2D eigenvalue weighted by Gasteiger charge is -2.07. The minimum atomic E-state index is 0.0639. The SMILES string of the molecule is O=C(NCc1ccn[nH]1)[C@H]1C[C@H]1c1ccc(OCc2ccccc2)cc1. The van der Waals surface area contributed by atoms with Crippen molar-refractivity contribution in [1.82, 2.24) is 15.5 Å². The number of hydrogen-bond donors (Lipinski definition) is 2. The molecule has 1 aliphatic rings. The average molecular weight is 347 g/mol. The molecule has 3 aromatic rings. The van der Waals surface area contributed by atoms with E-state index in [1.54, 1.807) is 6.20 Å². The van der Waals surface area contributed by atoms with Gasteiger partial charge in [0.1, 0.15) is 12.4 Å². The monoisotopic (exact) mass is 347 g/mol. The summed E-state index contributed by atoms with van der Waals surface area (Å²) in [6.45, 7) is 1.05. The van der Waals surface area contributed by atoms with E-state index in [-0.39, 0.29) is 11.8 Å². The van der Waals surface area contributed by atoms with Crippen molar-refractivity contribution >= 4 is 5.91 Å². The number of carbonyl (C=O) groups excluding carboxylic acids is 1. The first-order chi connectivity index (χ1) is 12.8. The molecule has 0 spiro atoms. The summed E-state index contributed by atoms with van der Waals surface area (Å²) in [4.78, 5) is 12.2. The zero-order valence-corrected chi connectivity index (χ0v) is 14.4. The van der Waals surface area contributed by atoms with Gasteiger partial charge in [0.25, 0.3) is 0 Å². The van der Waals surface area contributed by atoms with Gasteiger partial charge in [0, 0.05) is 12.1 Å². The van der Waals surface area contributed by atoms with Gasteiger partial charge in [-0.3, -0.25) is 9.89 Å². The van der Waals surface area contributed by atoms with Gasteiger partial charge in [0.2, 0.25) is 5.91 Å². The Morgan fingerprint density at radius 2 is 1.92 bits per heavy atom. The van der Waals surface area contributed by atoms with Crippen LogP contribution in [0.4, 0.5) is 0 Å². The Morgan fingerprint density at radius 3 is 2.65 bits per heavy atom. The normalized spacial score (nSPS) is 18.3. The topological polar surface area (TPSA) is 67.0 Å². The van der Waals surface area contributed by atoms with Crippen molar-refractivity contribution in [3.63, 3.8) is 0 Å². The summed E-state index contributed by atoms with van der Waals surface area (Å²) < 4.78 is 5.81. The van der Waals surface area contributed by atoms with Gasteiger partial charge in [-0.2, -0.15) is 5.10 Å². The zero-order chi connectivity index (χ0) is 17.8. The van der Waals surface area contributed by atoms with Crippen molar-refractivity contribution in [2.24, 2.45) is 5.92 Å². The van der Waals surface area contributed by atoms with Crippen LogP contribution in [0.1, 0.15) is 29.2 Å². The fourth-order valence-electron chi connectivity index (χ4n) is 3.10. The summed E-state index contributed by atoms with van der Waals surface area (Å²) in [5, 5.41) is 9.69. The third-order valence-corrected chi connectivity index (χ3v) is 4.70. The molecule has 2 atom stereocenters. The summed E-state index contributed by atoms with van der Waals surface area (Å²) >= 11 is 0. The molecule has 0 unspecified atom stereocenters. The number of H-pyrrole nitrogens is 1. The van der Waals surface area contributed by atoms with Gasteiger partial charge < -0.3 is 10.1 Å². The summed E-state index contributed by atoms with van der Waals surface area (Å²) in [7, 11) is 0. The standard InChI is InChI=1S/C21H21N3O2/c25-21(22-13-17-10-11-23-24-17)20-12-19(20)16-6-8-18(9-7-16)26-14-15-4-2-1-3-5-15/h1-11,19-20H,12-14H2,(H,22,25)(H,23,24)/t19-,20-/m0/s1. The van der Waals surface area contributed by atoms with Crippen LogP contribution < -0.4 is 10.1 Å². The Bertz CT molecular complexity index is 845. The van der Waals surface area contributed by atoms with Gasteiger partial charge in [0.15, 0.2) is 0 Å². The van der Waals surface area contributed by atoms with E-state index in [1.165, 1.54) is 5.56 Å². The molecule has 5 nitrogen and oxygen atoms in total. The number of nitrogens with zero attached hydrogens (tertiary/aromatic N) is 1. The molecule has 2 N–H and O–H groups in total. The number of hydrogen-bond acceptors (Lipinski definition) is 3. The highest BCUT2D eigenvalue weighted by Crippen LogP contribution is 2.47. The molecule has 1 aliphatic carbocycles. The molecule has 0 saturated heterocycles. The molecule has 1 saturated carbocycles. The molecule has 1 aromatic heterocycles. The van der Waals surface area contributed by atoms with Crippen molar-refractivity contribution in [3.8, 4) is 5.75 Å². The number of aromatic amines is 1. The number of amides is 1. The number of rotatable bonds is 7. The summed E-state index contributed by atoms with van der Waals surface area (Å²) in [5.41, 5.74) is 3.25. The third-order valence-electron chi connectivity index (χ3n) is 4.70. The van der Waals surface area contributed by atoms with Crippen LogP contribution in [0, 0.1) is 5.92 Å². The number of ether oxygens (including phenoxy) is 1. The quantitative estimate of drug-likeness (QED) is 0.688. The Kier molecular flexibility index (Phi) is 4.69. The molecule has 1 heterocycles. The van der Waals surface area contributed by atoms with Gasteiger partial charge in [0.05, 0.1) is 12.2 Å². The lowest BCUT2D eigenvalue weighted by atomic mass is 10.1. The highest BCUT2D eigenvalue weighted by Gasteiger charge is 2.43. The average Bonchev–Trinajstić information content (AvgIpc) is 3.32. The number of nitrogens with one attached hydrogen (secondary N) is 2. The number of benzene rings is 2. The maximum absolute atomic E-state index is 12.2. The molecule has 0 bridgehead atoms. The molecular formula is C21H21N3O2. The Morgan fingerprint density at radius 1 is 1.12 bits per heavy atom. The first-order valence-electron chi connectivity index (χ1n) is 8.82. The van der Waals surface area contributed by atoms with Crippen LogP contribution in [-0.4, -0.2) is 16.1 Å². The van der Waals surface area contributed by atoms with Crippen LogP contribution in [0.25, 0.3) is 0 Å². The Balaban J connectivity index is 1.27. The number of carbonyl (C=O) groups is 1. The molecule has 1 fully saturated rings. The Labute approximate surface area is 152 Å². The van der Waals surface area contributed by atoms with E-state index in [4.69, 9.17) is 4.74 Å². The second kappa shape index (κ2) is 7.44. The van der Waals surface area contributed by atoms with E-state index in [9.17, 15) is 4.79 Å². The third kappa shape index (κ3) is 3.94. The first-order valence-corrected chi connectivity index (χ1v) is 8.82. The van der Waals surface area contributed by atoms with Crippen molar-refractivity contribution in [2.75, 3.05) is 0 Å². The summed E-state index contributed by atoms with van der Waals surface area (Å²) in [6, 6.07) is 20.1. The fourth-order valence-corrected chi connectivity index (χ4v) is 3.10. The lowest BCUT2D eigenvalue weighted by Crippen LogP contribution is -2.25. The maximum atomic E-state index is 12.2. The van der Waals surface area contributed by atoms with Crippen LogP contribution in [0.2, 0.25) is 0 Å². The largest absolute Gasteiger partial charge is 0.489 e. The van der Waals surface area contributed by atoms with Crippen LogP contribution >= 0.6 is 0 Å². The van der Waals surface area contributed by atoms with Crippen LogP contribution in [0.5, 0.6) is 5.75 Å². The van der Waals surface area contributed by atoms with Crippen molar-refractivity contribution in [1.29, 1.82) is 0 Å². The van der Waals surface area contributed by atoms with Gasteiger partial charge in [-0.1, -0.05) is 42.5 Å². The molecule has 1 amide bonds. The zero-order valence-electron chi connectivity index (χ0n) is 14.4. The van der Waals surface area contributed by atoms with Crippen molar-refractivity contribution in [3.05, 3.63) is 83.7 Å². The van der Waals surface area contributed by atoms with Crippen LogP contribution in [0.15, 0.2) is 66.9 Å². The van der Waals surface area contributed by atoms with E-state index >= 15 is 0 Å². The smallest absolute Gasteiger partial charge is 0.224 e. The second-order valence-corrected chi connectivity index (χ2v) is 6.59. The molecule has 0 aliphatic heterocycles. The Hall–Kier alpha value is -3.08. The molecule has 5 heteroatoms. The second-order valence-electron chi connectivity index (χ2n) is 6.59. The molecule has 26 heavy (non-hydrogen) atoms. The highest BCUT2D eigenvalue weighted by atomic mass is 16.5. The fraction of sp³-hybridized carbons (Fsp3) is 0.238. The lowest BCUT2D eigenvalue weighted by molar-refractivity contribution is -0.122. The van der Waals surface area contributed by atoms with E-state index in [0.717, 1.165) is 23.4 Å². The van der Waals surface area contributed by atoms with Crippen molar-refractivity contribution < 1.29 is 9.53 Å². The summed E-state index contributed by atoms with van der Waals surface area (Å²) in [6.07, 6.45) is 2.59. The molecule has 0 radical (unpaired) electrons. The predicted molar refractivity (Wildman–Crippen MR) is 98.5 cm³/mol. The molecule has 4 rings (SSSR count). The summed E-state index contributed by atoms with van der Waals surface area (Å²) in [5.74, 6) is 1.32. The minimum absolute atomic E-state index is 0.0639. The van der Waals surface area contributed by atoms with Crippen LogP contribution in [-0.2, 0) is 17.9 Å².